The van der Waals surface area contributed by atoms with E-state index in [1.165, 1.54) is 0 Å². The van der Waals surface area contributed by atoms with Crippen molar-refractivity contribution < 1.29 is 13.2 Å². The molecule has 0 radical (unpaired) electrons. The first-order valence-electron chi connectivity index (χ1n) is 9.99. The highest BCUT2D eigenvalue weighted by molar-refractivity contribution is 7.77. The van der Waals surface area contributed by atoms with Crippen molar-refractivity contribution in [2.24, 2.45) is 0 Å². The molecule has 2 aliphatic carbocycles. The van der Waals surface area contributed by atoms with Crippen molar-refractivity contribution in [1.29, 1.82) is 0 Å². The van der Waals surface area contributed by atoms with E-state index in [-0.39, 0.29) is 17.8 Å². The van der Waals surface area contributed by atoms with Gasteiger partial charge in [-0.1, -0.05) is 29.8 Å². The lowest BCUT2D eigenvalue weighted by molar-refractivity contribution is 0.216. The third kappa shape index (κ3) is 4.42. The molecule has 4 nitrogen and oxygen atoms in total. The van der Waals surface area contributed by atoms with Gasteiger partial charge in [-0.15, -0.1) is 0 Å². The number of likely N-dealkylation sites (N-methyl/N-ethyl adjacent to an activating group) is 1. The van der Waals surface area contributed by atoms with Crippen molar-refractivity contribution in [2.45, 2.75) is 56.0 Å². The number of halogens is 2. The van der Waals surface area contributed by atoms with Gasteiger partial charge in [0.05, 0.1) is 0 Å². The molecule has 0 saturated heterocycles. The zero-order valence-corrected chi connectivity index (χ0v) is 17.9. The maximum absolute atomic E-state index is 14.9. The summed E-state index contributed by atoms with van der Waals surface area (Å²) in [5.41, 5.74) is 3.37. The molecule has 2 N–H and O–H groups in total. The summed E-state index contributed by atoms with van der Waals surface area (Å²) >= 11 is 3.81. The van der Waals surface area contributed by atoms with Crippen LogP contribution in [0.1, 0.15) is 47.4 Å². The summed E-state index contributed by atoms with van der Waals surface area (Å²) in [5, 5.41) is 4.10. The SMILES string of the molecule is CNC1Cc2cc(F)c(CC3(NS(=O)[O-])CCC3)cc2C1Cc1cccc(Cl)c1. The van der Waals surface area contributed by atoms with Crippen LogP contribution in [0.3, 0.4) is 0 Å². The Morgan fingerprint density at radius 3 is 2.72 bits per heavy atom. The first kappa shape index (κ1) is 20.9. The van der Waals surface area contributed by atoms with Gasteiger partial charge in [-0.25, -0.2) is 9.11 Å². The molecule has 1 fully saturated rings. The highest BCUT2D eigenvalue weighted by Gasteiger charge is 2.39. The molecule has 0 bridgehead atoms. The molecule has 0 spiro atoms. The molecule has 29 heavy (non-hydrogen) atoms. The molecule has 3 unspecified atom stereocenters. The van der Waals surface area contributed by atoms with Crippen LogP contribution in [0.25, 0.3) is 0 Å². The maximum Gasteiger partial charge on any atom is 0.126 e. The molecule has 7 heteroatoms. The Morgan fingerprint density at radius 1 is 1.31 bits per heavy atom. The summed E-state index contributed by atoms with van der Waals surface area (Å²) in [5.74, 6) is -0.0291. The van der Waals surface area contributed by atoms with Crippen LogP contribution in [0.15, 0.2) is 36.4 Å². The minimum atomic E-state index is -2.35. The summed E-state index contributed by atoms with van der Waals surface area (Å²) in [7, 11) is 1.94. The quantitative estimate of drug-likeness (QED) is 0.650. The summed E-state index contributed by atoms with van der Waals surface area (Å²) in [4.78, 5) is 0. The van der Waals surface area contributed by atoms with Gasteiger partial charge in [0.2, 0.25) is 0 Å². The largest absolute Gasteiger partial charge is 0.760 e. The second-order valence-corrected chi connectivity index (χ2v) is 9.44. The van der Waals surface area contributed by atoms with E-state index >= 15 is 0 Å². The van der Waals surface area contributed by atoms with E-state index in [0.717, 1.165) is 48.8 Å². The molecule has 3 atom stereocenters. The third-order valence-electron chi connectivity index (χ3n) is 6.49. The van der Waals surface area contributed by atoms with Gasteiger partial charge in [0.15, 0.2) is 0 Å². The molecular weight excluding hydrogens is 411 g/mol. The normalized spacial score (nSPS) is 23.4. The Kier molecular flexibility index (Phi) is 6.09. The maximum atomic E-state index is 14.9. The molecular formula is C22H25ClFN2O2S-. The van der Waals surface area contributed by atoms with Gasteiger partial charge >= 0.3 is 0 Å². The van der Waals surface area contributed by atoms with Gasteiger partial charge in [-0.2, -0.15) is 0 Å². The van der Waals surface area contributed by atoms with Crippen molar-refractivity contribution >= 4 is 22.9 Å². The molecule has 1 saturated carbocycles. The average Bonchev–Trinajstić information content (AvgIpc) is 2.96. The topological polar surface area (TPSA) is 64.2 Å². The van der Waals surface area contributed by atoms with Crippen molar-refractivity contribution in [3.05, 3.63) is 69.5 Å². The molecule has 2 aromatic rings. The lowest BCUT2D eigenvalue weighted by Crippen LogP contribution is -2.53. The Hall–Kier alpha value is -1.31. The Balaban J connectivity index is 1.64. The van der Waals surface area contributed by atoms with Crippen LogP contribution in [0, 0.1) is 5.82 Å². The Morgan fingerprint density at radius 2 is 2.10 bits per heavy atom. The molecule has 0 amide bonds. The van der Waals surface area contributed by atoms with Gasteiger partial charge < -0.3 is 9.87 Å². The van der Waals surface area contributed by atoms with Crippen LogP contribution in [0.5, 0.6) is 0 Å². The predicted octanol–water partition coefficient (Wildman–Crippen LogP) is 3.80. The fraction of sp³-hybridized carbons (Fsp3) is 0.455. The van der Waals surface area contributed by atoms with Gasteiger partial charge in [0.25, 0.3) is 0 Å². The van der Waals surface area contributed by atoms with E-state index in [2.05, 4.69) is 16.1 Å². The summed E-state index contributed by atoms with van der Waals surface area (Å²) in [6.07, 6.45) is 4.41. The van der Waals surface area contributed by atoms with Gasteiger partial charge in [-0.05, 0) is 86.0 Å². The second kappa shape index (κ2) is 8.44. The van der Waals surface area contributed by atoms with E-state index in [9.17, 15) is 13.2 Å². The molecule has 156 valence electrons. The highest BCUT2D eigenvalue weighted by Crippen LogP contribution is 2.40. The van der Waals surface area contributed by atoms with Crippen LogP contribution in [-0.2, 0) is 30.5 Å². The van der Waals surface area contributed by atoms with Crippen molar-refractivity contribution in [3.8, 4) is 0 Å². The summed E-state index contributed by atoms with van der Waals surface area (Å²) < 4.78 is 39.9. The van der Waals surface area contributed by atoms with Gasteiger partial charge in [0.1, 0.15) is 5.82 Å². The van der Waals surface area contributed by atoms with Crippen LogP contribution in [-0.4, -0.2) is 27.4 Å². The minimum Gasteiger partial charge on any atom is -0.760 e. The van der Waals surface area contributed by atoms with E-state index in [4.69, 9.17) is 11.6 Å². The van der Waals surface area contributed by atoms with E-state index in [0.29, 0.717) is 17.0 Å². The van der Waals surface area contributed by atoms with Crippen molar-refractivity contribution in [2.75, 3.05) is 7.05 Å². The van der Waals surface area contributed by atoms with Crippen LogP contribution in [0.4, 0.5) is 4.39 Å². The number of nitrogens with one attached hydrogen (secondary N) is 2. The lowest BCUT2D eigenvalue weighted by Gasteiger charge is -2.43. The fourth-order valence-corrected chi connectivity index (χ4v) is 5.71. The Bertz CT molecular complexity index is 935. The number of hydrogen-bond donors (Lipinski definition) is 2. The number of rotatable bonds is 7. The predicted molar refractivity (Wildman–Crippen MR) is 113 cm³/mol. The lowest BCUT2D eigenvalue weighted by atomic mass is 9.73. The molecule has 4 rings (SSSR count). The monoisotopic (exact) mass is 435 g/mol. The van der Waals surface area contributed by atoms with Crippen LogP contribution >= 0.6 is 11.6 Å². The van der Waals surface area contributed by atoms with Crippen LogP contribution < -0.4 is 10.0 Å². The number of fused-ring (bicyclic) bond motifs is 1. The van der Waals surface area contributed by atoms with Gasteiger partial charge in [0, 0.05) is 33.8 Å². The zero-order valence-electron chi connectivity index (χ0n) is 16.3. The molecule has 0 aromatic heterocycles. The Labute approximate surface area is 178 Å². The van der Waals surface area contributed by atoms with Crippen molar-refractivity contribution in [1.82, 2.24) is 10.0 Å². The molecule has 0 aliphatic heterocycles. The minimum absolute atomic E-state index is 0.215. The standard InChI is InChI=1S/C22H26ClFN2O2S/c1-25-21-12-15-11-20(24)16(13-22(6-3-7-22)26-29(27)28)10-18(15)19(21)9-14-4-2-5-17(23)8-14/h2,4-5,8,10-11,19,21,25-26H,3,6-7,9,12-13H2,1H3,(H,27,28)/p-1. The highest BCUT2D eigenvalue weighted by atomic mass is 35.5. The van der Waals surface area contributed by atoms with E-state index in [1.54, 1.807) is 6.07 Å². The second-order valence-electron chi connectivity index (χ2n) is 8.33. The van der Waals surface area contributed by atoms with Crippen LogP contribution in [0.2, 0.25) is 5.02 Å². The first-order chi connectivity index (χ1) is 13.9. The zero-order chi connectivity index (χ0) is 20.6. The van der Waals surface area contributed by atoms with Gasteiger partial charge in [-0.3, -0.25) is 4.21 Å². The summed E-state index contributed by atoms with van der Waals surface area (Å²) in [6.45, 7) is 0. The summed E-state index contributed by atoms with van der Waals surface area (Å²) in [6, 6.07) is 11.7. The third-order valence-corrected chi connectivity index (χ3v) is 7.32. The van der Waals surface area contributed by atoms with E-state index in [1.807, 2.05) is 31.3 Å². The molecule has 2 aromatic carbocycles. The average molecular weight is 436 g/mol. The first-order valence-corrected chi connectivity index (χ1v) is 11.4. The van der Waals surface area contributed by atoms with E-state index < -0.39 is 16.8 Å². The molecule has 2 aliphatic rings. The van der Waals surface area contributed by atoms with Crippen molar-refractivity contribution in [3.63, 3.8) is 0 Å². The fourth-order valence-electron chi connectivity index (χ4n) is 4.86. The molecule has 0 heterocycles. The number of benzene rings is 2. The smallest absolute Gasteiger partial charge is 0.126 e. The number of hydrogen-bond acceptors (Lipinski definition) is 3.